The molecule has 0 atom stereocenters. The first-order chi connectivity index (χ1) is 9.78. The largest absolute Gasteiger partial charge is 0.465 e. The quantitative estimate of drug-likeness (QED) is 0.720. The van der Waals surface area contributed by atoms with Crippen molar-refractivity contribution in [2.24, 2.45) is 0 Å². The first-order valence-electron chi connectivity index (χ1n) is 5.92. The molecule has 0 aliphatic carbocycles. The van der Waals surface area contributed by atoms with E-state index in [9.17, 15) is 10.1 Å². The summed E-state index contributed by atoms with van der Waals surface area (Å²) in [6, 6.07) is 12.4. The van der Waals surface area contributed by atoms with Gasteiger partial charge < -0.3 is 9.40 Å². The molecule has 20 heavy (non-hydrogen) atoms. The van der Waals surface area contributed by atoms with Gasteiger partial charge in [-0.2, -0.15) is 5.26 Å². The number of aromatic amines is 1. The predicted octanol–water partition coefficient (Wildman–Crippen LogP) is 2.58. The molecule has 0 radical (unpaired) electrons. The molecular weight excluding hydrogens is 254 g/mol. The van der Waals surface area contributed by atoms with E-state index >= 15 is 0 Å². The smallest absolute Gasteiger partial charge is 0.259 e. The second kappa shape index (κ2) is 4.86. The van der Waals surface area contributed by atoms with Crippen molar-refractivity contribution in [3.8, 4) is 6.07 Å². The summed E-state index contributed by atoms with van der Waals surface area (Å²) in [6.07, 6.45) is 3.05. The Bertz CT molecular complexity index is 883. The Balaban J connectivity index is 2.19. The number of benzene rings is 1. The molecule has 0 unspecified atom stereocenters. The highest BCUT2D eigenvalue weighted by molar-refractivity contribution is 5.88. The van der Waals surface area contributed by atoms with Gasteiger partial charge in [0.25, 0.3) is 5.56 Å². The highest BCUT2D eigenvalue weighted by Crippen LogP contribution is 2.15. The highest BCUT2D eigenvalue weighted by atomic mass is 16.3. The molecule has 2 aromatic heterocycles. The normalized spacial score (nSPS) is 11.4. The molecule has 0 saturated heterocycles. The summed E-state index contributed by atoms with van der Waals surface area (Å²) in [6.45, 7) is 0. The lowest BCUT2D eigenvalue weighted by atomic mass is 10.2. The summed E-state index contributed by atoms with van der Waals surface area (Å²) in [7, 11) is 0. The number of rotatable bonds is 2. The van der Waals surface area contributed by atoms with Gasteiger partial charge in [-0.15, -0.1) is 0 Å². The van der Waals surface area contributed by atoms with E-state index in [-0.39, 0.29) is 17.0 Å². The van der Waals surface area contributed by atoms with Gasteiger partial charge in [0.1, 0.15) is 11.8 Å². The Morgan fingerprint density at radius 1 is 1.30 bits per heavy atom. The van der Waals surface area contributed by atoms with E-state index in [0.29, 0.717) is 16.7 Å². The number of aromatic nitrogens is 2. The van der Waals surface area contributed by atoms with Crippen molar-refractivity contribution >= 4 is 22.6 Å². The van der Waals surface area contributed by atoms with Gasteiger partial charge in [0, 0.05) is 6.08 Å². The topological polar surface area (TPSA) is 82.7 Å². The van der Waals surface area contributed by atoms with Gasteiger partial charge in [-0.25, -0.2) is 4.98 Å². The fraction of sp³-hybridized carbons (Fsp3) is 0. The minimum atomic E-state index is -0.272. The molecule has 0 aliphatic heterocycles. The minimum Gasteiger partial charge on any atom is -0.465 e. The van der Waals surface area contributed by atoms with Crippen molar-refractivity contribution < 1.29 is 4.42 Å². The zero-order chi connectivity index (χ0) is 13.9. The average molecular weight is 263 g/mol. The lowest BCUT2D eigenvalue weighted by Gasteiger charge is -2.01. The number of fused-ring (bicyclic) bond motifs is 1. The van der Waals surface area contributed by atoms with Crippen molar-refractivity contribution in [3.05, 3.63) is 64.6 Å². The van der Waals surface area contributed by atoms with Crippen LogP contribution in [0.25, 0.3) is 22.6 Å². The van der Waals surface area contributed by atoms with E-state index in [2.05, 4.69) is 9.97 Å². The molecule has 5 nitrogen and oxygen atoms in total. The molecule has 1 N–H and O–H groups in total. The fourth-order valence-electron chi connectivity index (χ4n) is 1.88. The van der Waals surface area contributed by atoms with Crippen molar-refractivity contribution in [1.82, 2.24) is 9.97 Å². The van der Waals surface area contributed by atoms with E-state index in [1.54, 1.807) is 36.4 Å². The molecule has 3 aromatic rings. The molecule has 0 spiro atoms. The van der Waals surface area contributed by atoms with Crippen molar-refractivity contribution in [2.45, 2.75) is 0 Å². The average Bonchev–Trinajstić information content (AvgIpc) is 2.97. The van der Waals surface area contributed by atoms with E-state index in [1.807, 2.05) is 6.07 Å². The van der Waals surface area contributed by atoms with E-state index in [0.717, 1.165) is 0 Å². The van der Waals surface area contributed by atoms with Crippen molar-refractivity contribution in [2.75, 3.05) is 0 Å². The van der Waals surface area contributed by atoms with Crippen molar-refractivity contribution in [3.63, 3.8) is 0 Å². The molecule has 3 rings (SSSR count). The Morgan fingerprint density at radius 3 is 2.90 bits per heavy atom. The Morgan fingerprint density at radius 2 is 2.15 bits per heavy atom. The van der Waals surface area contributed by atoms with Gasteiger partial charge in [-0.1, -0.05) is 12.1 Å². The first-order valence-corrected chi connectivity index (χ1v) is 5.92. The maximum absolute atomic E-state index is 12.0. The summed E-state index contributed by atoms with van der Waals surface area (Å²) in [5.41, 5.74) is 0.515. The second-order valence-electron chi connectivity index (χ2n) is 4.12. The number of nitriles is 1. The third-order valence-corrected chi connectivity index (χ3v) is 2.82. The Labute approximate surface area is 113 Å². The van der Waals surface area contributed by atoms with Crippen LogP contribution in [-0.2, 0) is 0 Å². The molecule has 0 aliphatic rings. The molecule has 0 fully saturated rings. The molecule has 0 bridgehead atoms. The van der Waals surface area contributed by atoms with Crippen LogP contribution in [0.1, 0.15) is 11.6 Å². The van der Waals surface area contributed by atoms with Gasteiger partial charge >= 0.3 is 0 Å². The zero-order valence-corrected chi connectivity index (χ0v) is 10.3. The van der Waals surface area contributed by atoms with Crippen LogP contribution >= 0.6 is 0 Å². The van der Waals surface area contributed by atoms with Crippen LogP contribution in [0.15, 0.2) is 51.9 Å². The standard InChI is InChI=1S/C15H9N3O2/c16-9-10(8-11-4-3-7-20-11)14-17-13-6-2-1-5-12(13)15(19)18-14/h1-8H,(H,17,18,19)/b10-8+. The number of nitrogens with zero attached hydrogens (tertiary/aromatic N) is 2. The maximum Gasteiger partial charge on any atom is 0.259 e. The van der Waals surface area contributed by atoms with Crippen LogP contribution in [0.4, 0.5) is 0 Å². The highest BCUT2D eigenvalue weighted by Gasteiger charge is 2.08. The van der Waals surface area contributed by atoms with Crippen LogP contribution in [0.5, 0.6) is 0 Å². The van der Waals surface area contributed by atoms with Gasteiger partial charge in [0.15, 0.2) is 5.82 Å². The van der Waals surface area contributed by atoms with Crippen LogP contribution < -0.4 is 5.56 Å². The van der Waals surface area contributed by atoms with Crippen LogP contribution in [0.3, 0.4) is 0 Å². The molecular formula is C15H9N3O2. The Hall–Kier alpha value is -3.13. The summed E-state index contributed by atoms with van der Waals surface area (Å²) in [5, 5.41) is 9.71. The van der Waals surface area contributed by atoms with Crippen LogP contribution in [0, 0.1) is 11.3 Å². The monoisotopic (exact) mass is 263 g/mol. The Kier molecular flexibility index (Phi) is 2.90. The minimum absolute atomic E-state index is 0.229. The zero-order valence-electron chi connectivity index (χ0n) is 10.3. The maximum atomic E-state index is 12.0. The van der Waals surface area contributed by atoms with Crippen LogP contribution in [-0.4, -0.2) is 9.97 Å². The molecule has 0 saturated carbocycles. The predicted molar refractivity (Wildman–Crippen MR) is 74.6 cm³/mol. The van der Waals surface area contributed by atoms with Crippen LogP contribution in [0.2, 0.25) is 0 Å². The first kappa shape index (κ1) is 11.9. The lowest BCUT2D eigenvalue weighted by Crippen LogP contribution is -2.11. The van der Waals surface area contributed by atoms with Gasteiger partial charge in [-0.3, -0.25) is 4.79 Å². The van der Waals surface area contributed by atoms with Gasteiger partial charge in [0.05, 0.1) is 22.7 Å². The number of hydrogen-bond acceptors (Lipinski definition) is 4. The van der Waals surface area contributed by atoms with E-state index in [4.69, 9.17) is 4.42 Å². The SMILES string of the molecule is N#C/C(=C\c1ccco1)c1nc2ccccc2c(=O)[nH]1. The molecule has 5 heteroatoms. The lowest BCUT2D eigenvalue weighted by molar-refractivity contribution is 0.557. The summed E-state index contributed by atoms with van der Waals surface area (Å²) in [5.74, 6) is 0.755. The molecule has 96 valence electrons. The second-order valence-corrected chi connectivity index (χ2v) is 4.12. The number of H-pyrrole nitrogens is 1. The number of allylic oxidation sites excluding steroid dienone is 1. The number of para-hydroxylation sites is 1. The van der Waals surface area contributed by atoms with E-state index < -0.39 is 0 Å². The summed E-state index contributed by atoms with van der Waals surface area (Å²) >= 11 is 0. The third kappa shape index (κ3) is 2.10. The summed E-state index contributed by atoms with van der Waals surface area (Å²) < 4.78 is 5.16. The molecule has 1 aromatic carbocycles. The molecule has 2 heterocycles. The van der Waals surface area contributed by atoms with Crippen molar-refractivity contribution in [1.29, 1.82) is 5.26 Å². The van der Waals surface area contributed by atoms with Gasteiger partial charge in [-0.05, 0) is 24.3 Å². The van der Waals surface area contributed by atoms with E-state index in [1.165, 1.54) is 12.3 Å². The number of hydrogen-bond donors (Lipinski definition) is 1. The van der Waals surface area contributed by atoms with Gasteiger partial charge in [0.2, 0.25) is 0 Å². The third-order valence-electron chi connectivity index (χ3n) is 2.82. The summed E-state index contributed by atoms with van der Waals surface area (Å²) in [4.78, 5) is 18.9. The molecule has 0 amide bonds. The number of furan rings is 1. The number of nitrogens with one attached hydrogen (secondary N) is 1. The fourth-order valence-corrected chi connectivity index (χ4v) is 1.88.